The summed E-state index contributed by atoms with van der Waals surface area (Å²) in [5, 5.41) is 0.777. The van der Waals surface area contributed by atoms with E-state index in [0.717, 1.165) is 46.9 Å². The van der Waals surface area contributed by atoms with E-state index in [0.29, 0.717) is 0 Å². The van der Waals surface area contributed by atoms with Gasteiger partial charge in [0.25, 0.3) is 0 Å². The quantitative estimate of drug-likeness (QED) is 0.216. The first-order valence-corrected chi connectivity index (χ1v) is 13.2. The van der Waals surface area contributed by atoms with Crippen molar-refractivity contribution in [2.45, 2.75) is 78.1 Å². The lowest BCUT2D eigenvalue weighted by molar-refractivity contribution is 0.304. The third-order valence-electron chi connectivity index (χ3n) is 6.26. The van der Waals surface area contributed by atoms with E-state index in [1.54, 1.807) is 0 Å². The summed E-state index contributed by atoms with van der Waals surface area (Å²) in [7, 11) is 0. The standard InChI is InChI=1S/C31H39ClO/c1-3-5-7-8-9-10-11-23-33-29-20-17-27(18-21-29)30-22-19-28(24-31(30)32)26-15-13-25(14-16-26)12-6-4-2/h13-22,24H,3-12,23H2,1-2H3. The van der Waals surface area contributed by atoms with Crippen LogP contribution in [0.4, 0.5) is 0 Å². The Hall–Kier alpha value is -2.25. The van der Waals surface area contributed by atoms with Crippen molar-refractivity contribution in [3.05, 3.63) is 77.3 Å². The molecular weight excluding hydrogens is 424 g/mol. The molecule has 0 aliphatic carbocycles. The molecule has 0 saturated heterocycles. The van der Waals surface area contributed by atoms with Gasteiger partial charge in [-0.15, -0.1) is 0 Å². The predicted octanol–water partition coefficient (Wildman–Crippen LogP) is 10.1. The van der Waals surface area contributed by atoms with Crippen molar-refractivity contribution >= 4 is 11.6 Å². The Bertz CT molecular complexity index is 944. The molecule has 176 valence electrons. The van der Waals surface area contributed by atoms with E-state index in [1.165, 1.54) is 62.5 Å². The van der Waals surface area contributed by atoms with Gasteiger partial charge in [0.15, 0.2) is 0 Å². The van der Waals surface area contributed by atoms with Crippen LogP contribution in [0.1, 0.15) is 77.2 Å². The minimum atomic E-state index is 0.777. The van der Waals surface area contributed by atoms with Gasteiger partial charge in [-0.25, -0.2) is 0 Å². The van der Waals surface area contributed by atoms with Crippen LogP contribution < -0.4 is 4.74 Å². The van der Waals surface area contributed by atoms with Crippen LogP contribution in [0.15, 0.2) is 66.7 Å². The number of unbranched alkanes of at least 4 members (excludes halogenated alkanes) is 7. The van der Waals surface area contributed by atoms with E-state index in [4.69, 9.17) is 16.3 Å². The molecule has 3 aromatic carbocycles. The first kappa shape index (κ1) is 25.4. The van der Waals surface area contributed by atoms with Crippen molar-refractivity contribution in [1.29, 1.82) is 0 Å². The highest BCUT2D eigenvalue weighted by atomic mass is 35.5. The number of rotatable bonds is 14. The van der Waals surface area contributed by atoms with Gasteiger partial charge >= 0.3 is 0 Å². The lowest BCUT2D eigenvalue weighted by atomic mass is 9.98. The Morgan fingerprint density at radius 3 is 1.88 bits per heavy atom. The molecular formula is C31H39ClO. The number of ether oxygens (including phenoxy) is 1. The fourth-order valence-corrected chi connectivity index (χ4v) is 4.44. The van der Waals surface area contributed by atoms with Gasteiger partial charge in [0.1, 0.15) is 5.75 Å². The summed E-state index contributed by atoms with van der Waals surface area (Å²) in [5.74, 6) is 0.931. The third kappa shape index (κ3) is 8.23. The average molecular weight is 463 g/mol. The molecule has 0 spiro atoms. The fraction of sp³-hybridized carbons (Fsp3) is 0.419. The van der Waals surface area contributed by atoms with Crippen LogP contribution >= 0.6 is 11.6 Å². The zero-order valence-corrected chi connectivity index (χ0v) is 21.2. The Morgan fingerprint density at radius 2 is 1.21 bits per heavy atom. The Labute approximate surface area is 206 Å². The second-order valence-electron chi connectivity index (χ2n) is 8.99. The number of benzene rings is 3. The normalized spacial score (nSPS) is 11.0. The summed E-state index contributed by atoms with van der Waals surface area (Å²) in [6, 6.07) is 23.5. The lowest BCUT2D eigenvalue weighted by Gasteiger charge is -2.10. The van der Waals surface area contributed by atoms with Gasteiger partial charge in [0, 0.05) is 10.6 Å². The smallest absolute Gasteiger partial charge is 0.119 e. The summed E-state index contributed by atoms with van der Waals surface area (Å²) >= 11 is 6.69. The molecule has 0 saturated carbocycles. The molecule has 3 rings (SSSR count). The van der Waals surface area contributed by atoms with E-state index < -0.39 is 0 Å². The van der Waals surface area contributed by atoms with E-state index >= 15 is 0 Å². The summed E-state index contributed by atoms with van der Waals surface area (Å²) in [5.41, 5.74) is 5.93. The van der Waals surface area contributed by atoms with Gasteiger partial charge in [-0.2, -0.15) is 0 Å². The van der Waals surface area contributed by atoms with Crippen LogP contribution in [0.25, 0.3) is 22.3 Å². The van der Waals surface area contributed by atoms with Crippen molar-refractivity contribution in [2.24, 2.45) is 0 Å². The third-order valence-corrected chi connectivity index (χ3v) is 6.57. The SMILES string of the molecule is CCCCCCCCCOc1ccc(-c2ccc(-c3ccc(CCCC)cc3)cc2Cl)cc1. The topological polar surface area (TPSA) is 9.23 Å². The largest absolute Gasteiger partial charge is 0.494 e. The molecule has 0 unspecified atom stereocenters. The monoisotopic (exact) mass is 462 g/mol. The maximum atomic E-state index is 6.69. The van der Waals surface area contributed by atoms with Crippen LogP contribution in [0.2, 0.25) is 5.02 Å². The zero-order chi connectivity index (χ0) is 23.3. The van der Waals surface area contributed by atoms with Crippen LogP contribution in [0.3, 0.4) is 0 Å². The van der Waals surface area contributed by atoms with Crippen LogP contribution in [0, 0.1) is 0 Å². The van der Waals surface area contributed by atoms with Crippen molar-refractivity contribution in [3.63, 3.8) is 0 Å². The van der Waals surface area contributed by atoms with Gasteiger partial charge in [-0.3, -0.25) is 0 Å². The summed E-state index contributed by atoms with van der Waals surface area (Å²) < 4.78 is 5.93. The molecule has 33 heavy (non-hydrogen) atoms. The molecule has 0 N–H and O–H groups in total. The number of halogens is 1. The van der Waals surface area contributed by atoms with Crippen molar-refractivity contribution < 1.29 is 4.74 Å². The average Bonchev–Trinajstić information content (AvgIpc) is 2.85. The second-order valence-corrected chi connectivity index (χ2v) is 9.40. The maximum Gasteiger partial charge on any atom is 0.119 e. The van der Waals surface area contributed by atoms with E-state index in [2.05, 4.69) is 80.6 Å². The van der Waals surface area contributed by atoms with E-state index in [9.17, 15) is 0 Å². The van der Waals surface area contributed by atoms with Gasteiger partial charge in [0.05, 0.1) is 6.61 Å². The zero-order valence-electron chi connectivity index (χ0n) is 20.4. The van der Waals surface area contributed by atoms with Crippen LogP contribution in [-0.2, 0) is 6.42 Å². The molecule has 2 heteroatoms. The van der Waals surface area contributed by atoms with E-state index in [-0.39, 0.29) is 0 Å². The number of hydrogen-bond donors (Lipinski definition) is 0. The van der Waals surface area contributed by atoms with Crippen molar-refractivity contribution in [2.75, 3.05) is 6.61 Å². The highest BCUT2D eigenvalue weighted by Gasteiger charge is 2.07. The predicted molar refractivity (Wildman–Crippen MR) is 144 cm³/mol. The Balaban J connectivity index is 1.52. The lowest BCUT2D eigenvalue weighted by Crippen LogP contribution is -1.97. The Morgan fingerprint density at radius 1 is 0.606 bits per heavy atom. The van der Waals surface area contributed by atoms with Crippen LogP contribution in [-0.4, -0.2) is 6.61 Å². The summed E-state index contributed by atoms with van der Waals surface area (Å²) in [6.45, 7) is 5.28. The summed E-state index contributed by atoms with van der Waals surface area (Å²) in [6.07, 6.45) is 12.7. The summed E-state index contributed by atoms with van der Waals surface area (Å²) in [4.78, 5) is 0. The highest BCUT2D eigenvalue weighted by molar-refractivity contribution is 6.33. The maximum absolute atomic E-state index is 6.69. The number of hydrogen-bond acceptors (Lipinski definition) is 1. The number of aryl methyl sites for hydroxylation is 1. The van der Waals surface area contributed by atoms with Gasteiger partial charge in [-0.05, 0) is 59.7 Å². The van der Waals surface area contributed by atoms with Gasteiger partial charge < -0.3 is 4.74 Å². The fourth-order valence-electron chi connectivity index (χ4n) is 4.15. The van der Waals surface area contributed by atoms with Gasteiger partial charge in [-0.1, -0.05) is 119 Å². The molecule has 0 aliphatic heterocycles. The molecule has 0 atom stereocenters. The molecule has 0 aliphatic rings. The molecule has 0 aromatic heterocycles. The molecule has 1 nitrogen and oxygen atoms in total. The second kappa shape index (κ2) is 14.1. The highest BCUT2D eigenvalue weighted by Crippen LogP contribution is 2.33. The Kier molecular flexibility index (Phi) is 10.8. The molecule has 3 aromatic rings. The van der Waals surface area contributed by atoms with Crippen LogP contribution in [0.5, 0.6) is 5.75 Å². The minimum Gasteiger partial charge on any atom is -0.494 e. The first-order chi connectivity index (χ1) is 16.2. The van der Waals surface area contributed by atoms with Crippen molar-refractivity contribution in [3.8, 4) is 28.0 Å². The van der Waals surface area contributed by atoms with E-state index in [1.807, 2.05) is 0 Å². The first-order valence-electron chi connectivity index (χ1n) is 12.8. The molecule has 0 amide bonds. The minimum absolute atomic E-state index is 0.777. The molecule has 0 bridgehead atoms. The van der Waals surface area contributed by atoms with Gasteiger partial charge in [0.2, 0.25) is 0 Å². The molecule has 0 radical (unpaired) electrons. The van der Waals surface area contributed by atoms with Crippen molar-refractivity contribution in [1.82, 2.24) is 0 Å². The molecule has 0 fully saturated rings. The molecule has 0 heterocycles.